The monoisotopic (exact) mass is 278 g/mol. The highest BCUT2D eigenvalue weighted by Gasteiger charge is 2.09. The van der Waals surface area contributed by atoms with E-state index in [2.05, 4.69) is 30.4 Å². The molecule has 0 atom stereocenters. The molecule has 1 N–H and O–H groups in total. The molecule has 0 radical (unpaired) electrons. The van der Waals surface area contributed by atoms with Gasteiger partial charge in [0.05, 0.1) is 0 Å². The van der Waals surface area contributed by atoms with E-state index in [4.69, 9.17) is 4.74 Å². The van der Waals surface area contributed by atoms with Crippen molar-refractivity contribution in [3.63, 3.8) is 0 Å². The lowest BCUT2D eigenvalue weighted by molar-refractivity contribution is 0.245. The van der Waals surface area contributed by atoms with Crippen molar-refractivity contribution in [1.29, 1.82) is 0 Å². The molecular weight excluding hydrogens is 260 g/mol. The molecule has 9 heteroatoms. The van der Waals surface area contributed by atoms with Crippen LogP contribution in [0, 0.1) is 0 Å². The van der Waals surface area contributed by atoms with E-state index in [0.29, 0.717) is 25.0 Å². The van der Waals surface area contributed by atoms with E-state index in [-0.39, 0.29) is 6.01 Å². The number of rotatable bonds is 7. The van der Waals surface area contributed by atoms with Crippen molar-refractivity contribution in [2.75, 3.05) is 39.1 Å². The first-order valence-corrected chi connectivity index (χ1v) is 6.31. The van der Waals surface area contributed by atoms with Gasteiger partial charge in [-0.2, -0.15) is 24.7 Å². The van der Waals surface area contributed by atoms with E-state index in [1.54, 1.807) is 0 Å². The second kappa shape index (κ2) is 6.75. The third-order valence-electron chi connectivity index (χ3n) is 2.33. The number of ether oxygens (including phenoxy) is 1. The first-order valence-electron chi connectivity index (χ1n) is 6.31. The van der Waals surface area contributed by atoms with E-state index >= 15 is 0 Å². The molecule has 0 saturated heterocycles. The molecule has 0 aliphatic heterocycles. The van der Waals surface area contributed by atoms with Crippen molar-refractivity contribution in [3.05, 3.63) is 12.7 Å². The minimum atomic E-state index is 0.267. The highest BCUT2D eigenvalue weighted by Crippen LogP contribution is 2.10. The van der Waals surface area contributed by atoms with Gasteiger partial charge in [-0.15, -0.1) is 0 Å². The van der Waals surface area contributed by atoms with Crippen molar-refractivity contribution in [3.8, 4) is 12.0 Å². The van der Waals surface area contributed by atoms with Gasteiger partial charge in [-0.25, -0.2) is 4.98 Å². The molecule has 0 amide bonds. The maximum atomic E-state index is 5.54. The predicted molar refractivity (Wildman–Crippen MR) is 73.0 cm³/mol. The number of nitrogens with zero attached hydrogens (tertiary/aromatic N) is 7. The van der Waals surface area contributed by atoms with E-state index in [9.17, 15) is 0 Å². The Morgan fingerprint density at radius 3 is 2.80 bits per heavy atom. The van der Waals surface area contributed by atoms with Crippen molar-refractivity contribution in [1.82, 2.24) is 34.6 Å². The molecule has 2 rings (SSSR count). The van der Waals surface area contributed by atoms with Gasteiger partial charge in [0.15, 0.2) is 0 Å². The fraction of sp³-hybridized carbons (Fsp3) is 0.545. The molecule has 20 heavy (non-hydrogen) atoms. The van der Waals surface area contributed by atoms with E-state index in [1.807, 2.05) is 25.9 Å². The van der Waals surface area contributed by atoms with Gasteiger partial charge in [-0.05, 0) is 21.0 Å². The number of aromatic nitrogens is 6. The number of anilines is 1. The van der Waals surface area contributed by atoms with Crippen LogP contribution in [0.3, 0.4) is 0 Å². The third kappa shape index (κ3) is 3.85. The van der Waals surface area contributed by atoms with Gasteiger partial charge in [0.1, 0.15) is 19.3 Å². The van der Waals surface area contributed by atoms with Gasteiger partial charge in [-0.1, -0.05) is 0 Å². The highest BCUT2D eigenvalue weighted by atomic mass is 16.5. The second-order valence-corrected chi connectivity index (χ2v) is 4.26. The Bertz CT molecular complexity index is 527. The molecule has 0 bridgehead atoms. The van der Waals surface area contributed by atoms with E-state index in [1.165, 1.54) is 17.3 Å². The molecule has 0 fully saturated rings. The summed E-state index contributed by atoms with van der Waals surface area (Å²) in [4.78, 5) is 18.5. The van der Waals surface area contributed by atoms with E-state index in [0.717, 1.165) is 6.54 Å². The van der Waals surface area contributed by atoms with E-state index < -0.39 is 0 Å². The van der Waals surface area contributed by atoms with Gasteiger partial charge in [-0.3, -0.25) is 0 Å². The molecule has 0 aliphatic carbocycles. The summed E-state index contributed by atoms with van der Waals surface area (Å²) >= 11 is 0. The molecule has 0 aromatic carbocycles. The van der Waals surface area contributed by atoms with Crippen LogP contribution >= 0.6 is 0 Å². The molecule has 2 aromatic rings. The first kappa shape index (κ1) is 14.1. The van der Waals surface area contributed by atoms with Crippen LogP contribution in [-0.2, 0) is 0 Å². The van der Waals surface area contributed by atoms with Crippen LogP contribution in [0.4, 0.5) is 5.95 Å². The van der Waals surface area contributed by atoms with Crippen LogP contribution in [0.15, 0.2) is 12.7 Å². The van der Waals surface area contributed by atoms with Gasteiger partial charge in [0.25, 0.3) is 5.95 Å². The van der Waals surface area contributed by atoms with Crippen LogP contribution < -0.4 is 10.1 Å². The Hall–Kier alpha value is -2.29. The van der Waals surface area contributed by atoms with Gasteiger partial charge in [0.2, 0.25) is 5.95 Å². The molecule has 0 saturated carbocycles. The predicted octanol–water partition coefficient (Wildman–Crippen LogP) is -0.175. The standard InChI is InChI=1S/C11H18N8O/c1-4-13-9-15-10(19-8-12-7-14-19)17-11(16-9)20-6-5-18(2)3/h7-8H,4-6H2,1-3H3,(H,13,15,16,17). The lowest BCUT2D eigenvalue weighted by Gasteiger charge is -2.11. The van der Waals surface area contributed by atoms with Crippen molar-refractivity contribution in [2.24, 2.45) is 0 Å². The zero-order valence-electron chi connectivity index (χ0n) is 11.8. The van der Waals surface area contributed by atoms with Crippen LogP contribution in [0.5, 0.6) is 6.01 Å². The summed E-state index contributed by atoms with van der Waals surface area (Å²) in [6.07, 6.45) is 2.94. The third-order valence-corrected chi connectivity index (χ3v) is 2.33. The van der Waals surface area contributed by atoms with Gasteiger partial charge < -0.3 is 15.0 Å². The molecule has 2 heterocycles. The lowest BCUT2D eigenvalue weighted by atomic mass is 10.6. The maximum absolute atomic E-state index is 5.54. The topological polar surface area (TPSA) is 93.9 Å². The van der Waals surface area contributed by atoms with Crippen LogP contribution in [0.1, 0.15) is 6.92 Å². The van der Waals surface area contributed by atoms with Crippen LogP contribution in [0.2, 0.25) is 0 Å². The average molecular weight is 278 g/mol. The van der Waals surface area contributed by atoms with Crippen molar-refractivity contribution >= 4 is 5.95 Å². The second-order valence-electron chi connectivity index (χ2n) is 4.26. The summed E-state index contributed by atoms with van der Waals surface area (Å²) in [5.41, 5.74) is 0. The maximum Gasteiger partial charge on any atom is 0.323 e. The number of hydrogen-bond acceptors (Lipinski definition) is 8. The minimum absolute atomic E-state index is 0.267. The summed E-state index contributed by atoms with van der Waals surface area (Å²) in [6, 6.07) is 0.267. The molecule has 2 aromatic heterocycles. The largest absolute Gasteiger partial charge is 0.462 e. The van der Waals surface area contributed by atoms with Crippen molar-refractivity contribution in [2.45, 2.75) is 6.92 Å². The highest BCUT2D eigenvalue weighted by molar-refractivity contribution is 5.29. The fourth-order valence-corrected chi connectivity index (χ4v) is 1.38. The Labute approximate surface area is 117 Å². The zero-order chi connectivity index (χ0) is 14.4. The average Bonchev–Trinajstić information content (AvgIpc) is 2.92. The van der Waals surface area contributed by atoms with Gasteiger partial charge in [0, 0.05) is 13.1 Å². The summed E-state index contributed by atoms with van der Waals surface area (Å²) in [5, 5.41) is 7.03. The Balaban J connectivity index is 2.17. The summed E-state index contributed by atoms with van der Waals surface area (Å²) in [7, 11) is 3.95. The minimum Gasteiger partial charge on any atom is -0.462 e. The van der Waals surface area contributed by atoms with Gasteiger partial charge >= 0.3 is 6.01 Å². The quantitative estimate of drug-likeness (QED) is 0.745. The number of hydrogen-bond donors (Lipinski definition) is 1. The number of nitrogens with one attached hydrogen (secondary N) is 1. The molecule has 9 nitrogen and oxygen atoms in total. The van der Waals surface area contributed by atoms with Crippen LogP contribution in [-0.4, -0.2) is 68.4 Å². The fourth-order valence-electron chi connectivity index (χ4n) is 1.38. The first-order chi connectivity index (χ1) is 9.69. The SMILES string of the molecule is CCNc1nc(OCCN(C)C)nc(-n2cncn2)n1. The molecule has 0 unspecified atom stereocenters. The Kier molecular flexibility index (Phi) is 4.77. The molecule has 0 aliphatic rings. The molecular formula is C11H18N8O. The number of likely N-dealkylation sites (N-methyl/N-ethyl adjacent to an activating group) is 1. The Morgan fingerprint density at radius 2 is 2.15 bits per heavy atom. The normalized spacial score (nSPS) is 10.8. The van der Waals surface area contributed by atoms with Crippen molar-refractivity contribution < 1.29 is 4.74 Å². The molecule has 108 valence electrons. The summed E-state index contributed by atoms with van der Waals surface area (Å²) < 4.78 is 7.00. The smallest absolute Gasteiger partial charge is 0.323 e. The molecule has 0 spiro atoms. The Morgan fingerprint density at radius 1 is 1.30 bits per heavy atom. The lowest BCUT2D eigenvalue weighted by Crippen LogP contribution is -2.20. The summed E-state index contributed by atoms with van der Waals surface area (Å²) in [5.74, 6) is 0.821. The summed E-state index contributed by atoms with van der Waals surface area (Å²) in [6.45, 7) is 3.95. The zero-order valence-corrected chi connectivity index (χ0v) is 11.8. The van der Waals surface area contributed by atoms with Crippen LogP contribution in [0.25, 0.3) is 5.95 Å².